The maximum atomic E-state index is 11.7. The van der Waals surface area contributed by atoms with E-state index in [9.17, 15) is 15.0 Å². The lowest BCUT2D eigenvalue weighted by Gasteiger charge is -2.42. The van der Waals surface area contributed by atoms with Gasteiger partial charge in [0.25, 0.3) is 0 Å². The van der Waals surface area contributed by atoms with Crippen LogP contribution in [0.2, 0.25) is 0 Å². The van der Waals surface area contributed by atoms with Crippen molar-refractivity contribution < 1.29 is 15.0 Å². The number of β-amino-alcohol motifs (C(OH)–C–C–N with tert-alkyl or cyclic N) is 1. The first-order valence-electron chi connectivity index (χ1n) is 10.0. The summed E-state index contributed by atoms with van der Waals surface area (Å²) in [5, 5.41) is 20.8. The van der Waals surface area contributed by atoms with Gasteiger partial charge in [-0.3, -0.25) is 9.69 Å². The second-order valence-electron chi connectivity index (χ2n) is 8.30. The number of anilines is 1. The van der Waals surface area contributed by atoms with Gasteiger partial charge in [0.15, 0.2) is 0 Å². The number of nitrogens with zero attached hydrogens (tertiary/aromatic N) is 3. The van der Waals surface area contributed by atoms with Crippen LogP contribution >= 0.6 is 0 Å². The minimum absolute atomic E-state index is 0.0485. The third-order valence-electron chi connectivity index (χ3n) is 5.96. The number of aliphatic hydroxyl groups excluding tert-OH is 1. The molecule has 2 aliphatic rings. The van der Waals surface area contributed by atoms with Crippen LogP contribution in [0, 0.1) is 12.8 Å². The second kappa shape index (κ2) is 8.59. The second-order valence-corrected chi connectivity index (χ2v) is 8.30. The van der Waals surface area contributed by atoms with Gasteiger partial charge in [-0.15, -0.1) is 0 Å². The topological polar surface area (TPSA) is 67.2 Å². The minimum atomic E-state index is -0.703. The molecule has 2 heterocycles. The van der Waals surface area contributed by atoms with Gasteiger partial charge in [0.05, 0.1) is 5.60 Å². The molecular formula is C21H33N3O3. The SMILES string of the molecule is CC(=O)N1CCN(CC2(O)CCN(c3cccc(C)c3)CC2)C[C@H](CO)C1. The van der Waals surface area contributed by atoms with Crippen LogP contribution in [0.4, 0.5) is 5.69 Å². The number of aryl methyl sites for hydroxylation is 1. The highest BCUT2D eigenvalue weighted by Crippen LogP contribution is 2.28. The Morgan fingerprint density at radius 1 is 1.19 bits per heavy atom. The Morgan fingerprint density at radius 3 is 2.56 bits per heavy atom. The lowest BCUT2D eigenvalue weighted by molar-refractivity contribution is -0.129. The predicted molar refractivity (Wildman–Crippen MR) is 107 cm³/mol. The molecular weight excluding hydrogens is 342 g/mol. The first-order chi connectivity index (χ1) is 12.9. The van der Waals surface area contributed by atoms with Gasteiger partial charge >= 0.3 is 0 Å². The fourth-order valence-corrected chi connectivity index (χ4v) is 4.30. The molecule has 2 aliphatic heterocycles. The molecule has 27 heavy (non-hydrogen) atoms. The monoisotopic (exact) mass is 375 g/mol. The number of rotatable bonds is 4. The first kappa shape index (κ1) is 20.1. The molecule has 0 unspecified atom stereocenters. The summed E-state index contributed by atoms with van der Waals surface area (Å²) in [6.45, 7) is 8.79. The Kier molecular flexibility index (Phi) is 6.40. The highest BCUT2D eigenvalue weighted by Gasteiger charge is 2.35. The Bertz CT molecular complexity index is 643. The van der Waals surface area contributed by atoms with Gasteiger partial charge in [-0.25, -0.2) is 0 Å². The van der Waals surface area contributed by atoms with E-state index in [1.807, 2.05) is 4.90 Å². The molecule has 1 aromatic carbocycles. The summed E-state index contributed by atoms with van der Waals surface area (Å²) in [7, 11) is 0. The molecule has 1 aromatic rings. The van der Waals surface area contributed by atoms with Gasteiger partial charge in [0.1, 0.15) is 0 Å². The number of amides is 1. The van der Waals surface area contributed by atoms with Crippen LogP contribution in [-0.4, -0.2) is 83.9 Å². The molecule has 2 N–H and O–H groups in total. The molecule has 150 valence electrons. The fourth-order valence-electron chi connectivity index (χ4n) is 4.30. The van der Waals surface area contributed by atoms with Gasteiger partial charge in [0.2, 0.25) is 5.91 Å². The van der Waals surface area contributed by atoms with E-state index in [0.29, 0.717) is 19.6 Å². The van der Waals surface area contributed by atoms with Gasteiger partial charge in [-0.1, -0.05) is 12.1 Å². The summed E-state index contributed by atoms with van der Waals surface area (Å²) in [5.41, 5.74) is 1.78. The van der Waals surface area contributed by atoms with Crippen molar-refractivity contribution in [2.45, 2.75) is 32.3 Å². The third-order valence-corrected chi connectivity index (χ3v) is 5.96. The summed E-state index contributed by atoms with van der Waals surface area (Å²) in [4.78, 5) is 18.1. The van der Waals surface area contributed by atoms with E-state index in [-0.39, 0.29) is 18.4 Å². The largest absolute Gasteiger partial charge is 0.396 e. The molecule has 3 rings (SSSR count). The van der Waals surface area contributed by atoms with Gasteiger partial charge in [-0.05, 0) is 37.5 Å². The average molecular weight is 376 g/mol. The molecule has 2 saturated heterocycles. The third kappa shape index (κ3) is 5.21. The average Bonchev–Trinajstić information content (AvgIpc) is 2.84. The zero-order valence-electron chi connectivity index (χ0n) is 16.6. The Balaban J connectivity index is 1.58. The standard InChI is InChI=1S/C21H33N3O3/c1-17-4-3-5-20(12-17)23-8-6-21(27,7-9-23)16-22-10-11-24(18(2)26)14-19(13-22)15-25/h3-5,12,19,25,27H,6-11,13-16H2,1-2H3/t19-/m0/s1. The zero-order valence-corrected chi connectivity index (χ0v) is 16.6. The summed E-state index contributed by atoms with van der Waals surface area (Å²) in [5.74, 6) is 0.104. The number of benzene rings is 1. The number of piperidine rings is 1. The van der Waals surface area contributed by atoms with E-state index < -0.39 is 5.60 Å². The van der Waals surface area contributed by atoms with Crippen LogP contribution < -0.4 is 4.90 Å². The lowest BCUT2D eigenvalue weighted by Crippen LogP contribution is -2.52. The van der Waals surface area contributed by atoms with Crippen molar-refractivity contribution in [1.82, 2.24) is 9.80 Å². The van der Waals surface area contributed by atoms with Crippen LogP contribution in [0.1, 0.15) is 25.3 Å². The molecule has 0 radical (unpaired) electrons. The van der Waals surface area contributed by atoms with Gasteiger partial charge in [-0.2, -0.15) is 0 Å². The minimum Gasteiger partial charge on any atom is -0.396 e. The van der Waals surface area contributed by atoms with Crippen molar-refractivity contribution in [2.75, 3.05) is 57.3 Å². The van der Waals surface area contributed by atoms with Gasteiger partial charge < -0.3 is 20.0 Å². The van der Waals surface area contributed by atoms with E-state index in [0.717, 1.165) is 39.0 Å². The molecule has 0 spiro atoms. The van der Waals surface area contributed by atoms with Crippen LogP contribution in [-0.2, 0) is 4.79 Å². The van der Waals surface area contributed by atoms with Crippen molar-refractivity contribution in [3.05, 3.63) is 29.8 Å². The number of aliphatic hydroxyl groups is 2. The molecule has 2 fully saturated rings. The summed E-state index contributed by atoms with van der Waals surface area (Å²) in [6, 6.07) is 8.51. The van der Waals surface area contributed by atoms with Gasteiger partial charge in [0, 0.05) is 70.9 Å². The highest BCUT2D eigenvalue weighted by atomic mass is 16.3. The van der Waals surface area contributed by atoms with Crippen LogP contribution in [0.15, 0.2) is 24.3 Å². The smallest absolute Gasteiger partial charge is 0.219 e. The first-order valence-corrected chi connectivity index (χ1v) is 10.0. The maximum Gasteiger partial charge on any atom is 0.219 e. The van der Waals surface area contributed by atoms with E-state index >= 15 is 0 Å². The maximum absolute atomic E-state index is 11.7. The molecule has 0 saturated carbocycles. The molecule has 0 aromatic heterocycles. The van der Waals surface area contributed by atoms with Crippen molar-refractivity contribution in [3.8, 4) is 0 Å². The van der Waals surface area contributed by atoms with Crippen LogP contribution in [0.5, 0.6) is 0 Å². The zero-order chi connectivity index (χ0) is 19.4. The van der Waals surface area contributed by atoms with Crippen molar-refractivity contribution >= 4 is 11.6 Å². The van der Waals surface area contributed by atoms with Crippen molar-refractivity contribution in [2.24, 2.45) is 5.92 Å². The summed E-state index contributed by atoms with van der Waals surface area (Å²) in [6.07, 6.45) is 1.47. The lowest BCUT2D eigenvalue weighted by atomic mass is 9.90. The molecule has 6 heteroatoms. The quantitative estimate of drug-likeness (QED) is 0.825. The fraction of sp³-hybridized carbons (Fsp3) is 0.667. The summed E-state index contributed by atoms with van der Waals surface area (Å²) < 4.78 is 0. The van der Waals surface area contributed by atoms with E-state index in [4.69, 9.17) is 0 Å². The highest BCUT2D eigenvalue weighted by molar-refractivity contribution is 5.73. The molecule has 0 bridgehead atoms. The molecule has 0 aliphatic carbocycles. The van der Waals surface area contributed by atoms with Crippen LogP contribution in [0.25, 0.3) is 0 Å². The number of carbonyl (C=O) groups excluding carboxylic acids is 1. The summed E-state index contributed by atoms with van der Waals surface area (Å²) >= 11 is 0. The van der Waals surface area contributed by atoms with Crippen molar-refractivity contribution in [3.63, 3.8) is 0 Å². The van der Waals surface area contributed by atoms with E-state index in [1.165, 1.54) is 11.3 Å². The van der Waals surface area contributed by atoms with Crippen molar-refractivity contribution in [1.29, 1.82) is 0 Å². The Morgan fingerprint density at radius 2 is 1.93 bits per heavy atom. The number of hydrogen-bond acceptors (Lipinski definition) is 5. The van der Waals surface area contributed by atoms with E-state index in [1.54, 1.807) is 6.92 Å². The van der Waals surface area contributed by atoms with Crippen LogP contribution in [0.3, 0.4) is 0 Å². The number of hydrogen-bond donors (Lipinski definition) is 2. The predicted octanol–water partition coefficient (Wildman–Crippen LogP) is 1.10. The van der Waals surface area contributed by atoms with E-state index in [2.05, 4.69) is 41.0 Å². The molecule has 6 nitrogen and oxygen atoms in total. The normalized spacial score (nSPS) is 23.9. The Hall–Kier alpha value is -1.63. The molecule has 1 amide bonds. The molecule has 1 atom stereocenters. The Labute approximate surface area is 162 Å². The number of carbonyl (C=O) groups is 1.